The Kier molecular flexibility index (Phi) is 5.27. The van der Waals surface area contributed by atoms with Crippen molar-refractivity contribution in [1.29, 1.82) is 0 Å². The highest BCUT2D eigenvalue weighted by Gasteiger charge is 2.00. The first-order valence-electron chi connectivity index (χ1n) is 4.93. The minimum atomic E-state index is 0.462. The third-order valence-corrected chi connectivity index (χ3v) is 1.97. The molecular weight excluding hydrogens is 176 g/mol. The van der Waals surface area contributed by atoms with Crippen LogP contribution in [0.15, 0.2) is 30.3 Å². The van der Waals surface area contributed by atoms with Gasteiger partial charge in [0.15, 0.2) is 0 Å². The molecule has 2 heteroatoms. The van der Waals surface area contributed by atoms with Gasteiger partial charge in [-0.15, -0.1) is 0 Å². The van der Waals surface area contributed by atoms with Crippen LogP contribution >= 0.6 is 0 Å². The molecule has 14 heavy (non-hydrogen) atoms. The Morgan fingerprint density at radius 3 is 2.50 bits per heavy atom. The minimum absolute atomic E-state index is 0.462. The summed E-state index contributed by atoms with van der Waals surface area (Å²) in [6.45, 7) is 4.32. The van der Waals surface area contributed by atoms with Crippen molar-refractivity contribution < 1.29 is 9.47 Å². The standard InChI is InChI=1S/C12H18O2/c1-11(8-13-2)9-14-10-12-6-4-3-5-7-12/h3-7,11H,8-10H2,1-2H3/t11-/m1/s1. The average Bonchev–Trinajstić information content (AvgIpc) is 2.20. The van der Waals surface area contributed by atoms with E-state index in [1.54, 1.807) is 7.11 Å². The van der Waals surface area contributed by atoms with Gasteiger partial charge in [0, 0.05) is 13.0 Å². The maximum atomic E-state index is 5.55. The molecular formula is C12H18O2. The lowest BCUT2D eigenvalue weighted by atomic mass is 10.2. The second-order valence-electron chi connectivity index (χ2n) is 3.56. The molecule has 0 amide bonds. The highest BCUT2D eigenvalue weighted by atomic mass is 16.5. The zero-order valence-electron chi connectivity index (χ0n) is 8.90. The molecule has 0 saturated carbocycles. The second-order valence-corrected chi connectivity index (χ2v) is 3.56. The first-order chi connectivity index (χ1) is 6.83. The average molecular weight is 194 g/mol. The van der Waals surface area contributed by atoms with Crippen molar-refractivity contribution in [2.45, 2.75) is 13.5 Å². The van der Waals surface area contributed by atoms with E-state index >= 15 is 0 Å². The summed E-state index contributed by atoms with van der Waals surface area (Å²) in [6, 6.07) is 10.2. The van der Waals surface area contributed by atoms with Crippen LogP contribution in [0.25, 0.3) is 0 Å². The fraction of sp³-hybridized carbons (Fsp3) is 0.500. The van der Waals surface area contributed by atoms with Crippen LogP contribution in [0, 0.1) is 5.92 Å². The number of methoxy groups -OCH3 is 1. The fourth-order valence-electron chi connectivity index (χ4n) is 1.28. The van der Waals surface area contributed by atoms with Gasteiger partial charge >= 0.3 is 0 Å². The molecule has 0 spiro atoms. The van der Waals surface area contributed by atoms with Crippen molar-refractivity contribution in [3.8, 4) is 0 Å². The van der Waals surface area contributed by atoms with Crippen LogP contribution in [0.3, 0.4) is 0 Å². The smallest absolute Gasteiger partial charge is 0.0717 e. The minimum Gasteiger partial charge on any atom is -0.384 e. The van der Waals surface area contributed by atoms with Crippen molar-refractivity contribution in [3.63, 3.8) is 0 Å². The van der Waals surface area contributed by atoms with Crippen molar-refractivity contribution in [2.75, 3.05) is 20.3 Å². The molecule has 2 nitrogen and oxygen atoms in total. The first-order valence-corrected chi connectivity index (χ1v) is 4.93. The van der Waals surface area contributed by atoms with Gasteiger partial charge < -0.3 is 9.47 Å². The van der Waals surface area contributed by atoms with Gasteiger partial charge in [0.05, 0.1) is 19.8 Å². The van der Waals surface area contributed by atoms with E-state index in [2.05, 4.69) is 19.1 Å². The highest BCUT2D eigenvalue weighted by molar-refractivity contribution is 5.13. The molecule has 0 fully saturated rings. The topological polar surface area (TPSA) is 18.5 Å². The van der Waals surface area contributed by atoms with Gasteiger partial charge in [-0.3, -0.25) is 0 Å². The van der Waals surface area contributed by atoms with Crippen molar-refractivity contribution in [2.24, 2.45) is 5.92 Å². The van der Waals surface area contributed by atoms with Gasteiger partial charge in [-0.05, 0) is 5.56 Å². The Hall–Kier alpha value is -0.860. The molecule has 0 aliphatic rings. The number of benzene rings is 1. The van der Waals surface area contributed by atoms with Crippen LogP contribution in [0.2, 0.25) is 0 Å². The molecule has 1 aromatic rings. The van der Waals surface area contributed by atoms with E-state index in [0.29, 0.717) is 12.5 Å². The summed E-state index contributed by atoms with van der Waals surface area (Å²) >= 11 is 0. The molecule has 0 aromatic heterocycles. The molecule has 1 aromatic carbocycles. The zero-order chi connectivity index (χ0) is 10.2. The molecule has 0 radical (unpaired) electrons. The Bertz CT molecular complexity index is 233. The number of ether oxygens (including phenoxy) is 2. The third-order valence-electron chi connectivity index (χ3n) is 1.97. The Morgan fingerprint density at radius 2 is 1.86 bits per heavy atom. The predicted octanol–water partition coefficient (Wildman–Crippen LogP) is 2.49. The summed E-state index contributed by atoms with van der Waals surface area (Å²) in [5.41, 5.74) is 1.22. The van der Waals surface area contributed by atoms with E-state index < -0.39 is 0 Å². The first kappa shape index (κ1) is 11.2. The summed E-state index contributed by atoms with van der Waals surface area (Å²) in [6.07, 6.45) is 0. The molecule has 0 heterocycles. The Labute approximate surface area is 85.8 Å². The van der Waals surface area contributed by atoms with Crippen LogP contribution in [0.1, 0.15) is 12.5 Å². The van der Waals surface area contributed by atoms with Crippen LogP contribution in [0.4, 0.5) is 0 Å². The van der Waals surface area contributed by atoms with Crippen molar-refractivity contribution in [3.05, 3.63) is 35.9 Å². The zero-order valence-corrected chi connectivity index (χ0v) is 8.90. The van der Waals surface area contributed by atoms with Gasteiger partial charge in [-0.1, -0.05) is 37.3 Å². The second kappa shape index (κ2) is 6.57. The van der Waals surface area contributed by atoms with E-state index in [-0.39, 0.29) is 0 Å². The SMILES string of the molecule is COC[C@@H](C)COCc1ccccc1. The lowest BCUT2D eigenvalue weighted by Gasteiger charge is -2.10. The monoisotopic (exact) mass is 194 g/mol. The molecule has 0 aliphatic carbocycles. The maximum Gasteiger partial charge on any atom is 0.0717 e. The van der Waals surface area contributed by atoms with Crippen LogP contribution in [-0.2, 0) is 16.1 Å². The highest BCUT2D eigenvalue weighted by Crippen LogP contribution is 2.03. The van der Waals surface area contributed by atoms with Gasteiger partial charge in [0.1, 0.15) is 0 Å². The van der Waals surface area contributed by atoms with E-state index in [1.807, 2.05) is 18.2 Å². The van der Waals surface area contributed by atoms with Gasteiger partial charge in [-0.25, -0.2) is 0 Å². The summed E-state index contributed by atoms with van der Waals surface area (Å²) in [5.74, 6) is 0.462. The summed E-state index contributed by atoms with van der Waals surface area (Å²) in [5, 5.41) is 0. The predicted molar refractivity (Wildman–Crippen MR) is 57.1 cm³/mol. The summed E-state index contributed by atoms with van der Waals surface area (Å²) in [7, 11) is 1.72. The molecule has 78 valence electrons. The molecule has 1 atom stereocenters. The summed E-state index contributed by atoms with van der Waals surface area (Å²) < 4.78 is 10.6. The molecule has 1 rings (SSSR count). The Morgan fingerprint density at radius 1 is 1.14 bits per heavy atom. The van der Waals surface area contributed by atoms with Gasteiger partial charge in [0.2, 0.25) is 0 Å². The molecule has 0 aliphatic heterocycles. The normalized spacial score (nSPS) is 12.7. The molecule has 0 saturated heterocycles. The molecule has 0 unspecified atom stereocenters. The molecule has 0 bridgehead atoms. The summed E-state index contributed by atoms with van der Waals surface area (Å²) in [4.78, 5) is 0. The van der Waals surface area contributed by atoms with Crippen LogP contribution < -0.4 is 0 Å². The number of hydrogen-bond donors (Lipinski definition) is 0. The van der Waals surface area contributed by atoms with Crippen LogP contribution in [-0.4, -0.2) is 20.3 Å². The number of rotatable bonds is 6. The number of hydrogen-bond acceptors (Lipinski definition) is 2. The lowest BCUT2D eigenvalue weighted by Crippen LogP contribution is -2.11. The van der Waals surface area contributed by atoms with Gasteiger partial charge in [-0.2, -0.15) is 0 Å². The van der Waals surface area contributed by atoms with Crippen molar-refractivity contribution in [1.82, 2.24) is 0 Å². The quantitative estimate of drug-likeness (QED) is 0.692. The molecule has 0 N–H and O–H groups in total. The van der Waals surface area contributed by atoms with E-state index in [1.165, 1.54) is 5.56 Å². The van der Waals surface area contributed by atoms with Crippen LogP contribution in [0.5, 0.6) is 0 Å². The Balaban J connectivity index is 2.16. The third kappa shape index (κ3) is 4.40. The van der Waals surface area contributed by atoms with E-state index in [4.69, 9.17) is 9.47 Å². The van der Waals surface area contributed by atoms with Gasteiger partial charge in [0.25, 0.3) is 0 Å². The largest absolute Gasteiger partial charge is 0.384 e. The maximum absolute atomic E-state index is 5.55. The fourth-order valence-corrected chi connectivity index (χ4v) is 1.28. The lowest BCUT2D eigenvalue weighted by molar-refractivity contribution is 0.0561. The van der Waals surface area contributed by atoms with E-state index in [9.17, 15) is 0 Å². The van der Waals surface area contributed by atoms with Crippen molar-refractivity contribution >= 4 is 0 Å². The van der Waals surface area contributed by atoms with E-state index in [0.717, 1.165) is 13.2 Å².